The van der Waals surface area contributed by atoms with Gasteiger partial charge < -0.3 is 0 Å². The molecule has 0 saturated heterocycles. The Balaban J connectivity index is 2.88. The van der Waals surface area contributed by atoms with Gasteiger partial charge >= 0.3 is 12.1 Å². The molecule has 1 aliphatic rings. The summed E-state index contributed by atoms with van der Waals surface area (Å²) in [4.78, 5) is 5.98. The Kier molecular flexibility index (Phi) is 1.13. The molecule has 0 radical (unpaired) electrons. The quantitative estimate of drug-likeness (QED) is 0.380. The van der Waals surface area contributed by atoms with E-state index in [1.807, 2.05) is 0 Å². The van der Waals surface area contributed by atoms with E-state index in [0.29, 0.717) is 0 Å². The highest BCUT2D eigenvalue weighted by Crippen LogP contribution is 2.36. The summed E-state index contributed by atoms with van der Waals surface area (Å²) in [6, 6.07) is -2.03. The van der Waals surface area contributed by atoms with E-state index in [-0.39, 0.29) is 0 Å². The zero-order chi connectivity index (χ0) is 7.07. The SMILES string of the molecule is FC1=C(F)C(F)(F)OO1. The highest BCUT2D eigenvalue weighted by Gasteiger charge is 2.49. The van der Waals surface area contributed by atoms with E-state index < -0.39 is 17.9 Å². The van der Waals surface area contributed by atoms with Gasteiger partial charge in [-0.3, -0.25) is 4.89 Å². The first-order valence-corrected chi connectivity index (χ1v) is 1.83. The van der Waals surface area contributed by atoms with E-state index in [2.05, 4.69) is 9.78 Å². The van der Waals surface area contributed by atoms with Crippen LogP contribution in [0, 0.1) is 0 Å². The first-order valence-electron chi connectivity index (χ1n) is 1.83. The molecule has 0 fully saturated rings. The summed E-state index contributed by atoms with van der Waals surface area (Å²) in [5, 5.41) is 0. The second-order valence-corrected chi connectivity index (χ2v) is 1.27. The molecule has 1 heterocycles. The van der Waals surface area contributed by atoms with Crippen molar-refractivity contribution in [2.24, 2.45) is 0 Å². The lowest BCUT2D eigenvalue weighted by atomic mass is 10.5. The van der Waals surface area contributed by atoms with Crippen molar-refractivity contribution in [2.75, 3.05) is 0 Å². The van der Waals surface area contributed by atoms with Crippen LogP contribution in [0.5, 0.6) is 0 Å². The van der Waals surface area contributed by atoms with Crippen molar-refractivity contribution in [3.63, 3.8) is 0 Å². The molecule has 6 heteroatoms. The molecule has 1 aliphatic heterocycles. The van der Waals surface area contributed by atoms with Crippen LogP contribution in [0.2, 0.25) is 0 Å². The smallest absolute Gasteiger partial charge is 0.296 e. The third-order valence-corrected chi connectivity index (χ3v) is 0.648. The van der Waals surface area contributed by atoms with Crippen molar-refractivity contribution in [3.05, 3.63) is 11.8 Å². The van der Waals surface area contributed by atoms with Crippen molar-refractivity contribution in [1.82, 2.24) is 0 Å². The van der Waals surface area contributed by atoms with Gasteiger partial charge in [0, 0.05) is 0 Å². The van der Waals surface area contributed by atoms with Crippen LogP contribution in [0.1, 0.15) is 0 Å². The van der Waals surface area contributed by atoms with Crippen LogP contribution < -0.4 is 0 Å². The molecule has 2 nitrogen and oxygen atoms in total. The monoisotopic (exact) mass is 144 g/mol. The van der Waals surface area contributed by atoms with Gasteiger partial charge in [0.25, 0.3) is 5.83 Å². The summed E-state index contributed by atoms with van der Waals surface area (Å²) < 4.78 is 46.2. The maximum Gasteiger partial charge on any atom is 0.450 e. The van der Waals surface area contributed by atoms with Crippen molar-refractivity contribution < 1.29 is 27.3 Å². The molecule has 0 spiro atoms. The lowest BCUT2D eigenvalue weighted by Crippen LogP contribution is -2.14. The molecule has 0 aromatic carbocycles. The first-order chi connectivity index (χ1) is 4.04. The fraction of sp³-hybridized carbons (Fsp3) is 0.333. The van der Waals surface area contributed by atoms with E-state index in [0.717, 1.165) is 0 Å². The van der Waals surface area contributed by atoms with Gasteiger partial charge in [0.2, 0.25) is 0 Å². The largest absolute Gasteiger partial charge is 0.450 e. The van der Waals surface area contributed by atoms with Crippen molar-refractivity contribution in [1.29, 1.82) is 0 Å². The van der Waals surface area contributed by atoms with Crippen LogP contribution in [0.4, 0.5) is 17.6 Å². The zero-order valence-corrected chi connectivity index (χ0v) is 3.83. The second kappa shape index (κ2) is 1.60. The third kappa shape index (κ3) is 0.849. The minimum Gasteiger partial charge on any atom is -0.296 e. The molecule has 52 valence electrons. The number of hydrogen-bond donors (Lipinski definition) is 0. The summed E-state index contributed by atoms with van der Waals surface area (Å²) in [5.74, 6) is -2.33. The minimum atomic E-state index is -4.26. The summed E-state index contributed by atoms with van der Waals surface area (Å²) in [6.45, 7) is 0. The molecule has 0 saturated carbocycles. The molecule has 0 aromatic rings. The summed E-state index contributed by atoms with van der Waals surface area (Å²) >= 11 is 0. The summed E-state index contributed by atoms with van der Waals surface area (Å²) in [7, 11) is 0. The van der Waals surface area contributed by atoms with Crippen LogP contribution in [-0.2, 0) is 9.78 Å². The Hall–Kier alpha value is -0.780. The lowest BCUT2D eigenvalue weighted by Gasteiger charge is -1.99. The Morgan fingerprint density at radius 2 is 1.78 bits per heavy atom. The molecular formula is C3F4O2. The van der Waals surface area contributed by atoms with Gasteiger partial charge in [0.1, 0.15) is 0 Å². The fourth-order valence-electron chi connectivity index (χ4n) is 0.276. The Labute approximate surface area is 46.6 Å². The number of halogens is 4. The highest BCUT2D eigenvalue weighted by atomic mass is 19.3. The number of rotatable bonds is 0. The van der Waals surface area contributed by atoms with Crippen molar-refractivity contribution in [3.8, 4) is 0 Å². The molecule has 0 bridgehead atoms. The van der Waals surface area contributed by atoms with Crippen LogP contribution in [0.3, 0.4) is 0 Å². The lowest BCUT2D eigenvalue weighted by molar-refractivity contribution is -0.389. The maximum absolute atomic E-state index is 11.6. The molecule has 0 atom stereocenters. The van der Waals surface area contributed by atoms with E-state index in [4.69, 9.17) is 0 Å². The maximum atomic E-state index is 11.6. The predicted molar refractivity (Wildman–Crippen MR) is 16.4 cm³/mol. The van der Waals surface area contributed by atoms with Crippen LogP contribution >= 0.6 is 0 Å². The third-order valence-electron chi connectivity index (χ3n) is 0.648. The number of hydrogen-bond acceptors (Lipinski definition) is 2. The van der Waals surface area contributed by atoms with Gasteiger partial charge in [-0.25, -0.2) is 0 Å². The molecule has 9 heavy (non-hydrogen) atoms. The molecule has 0 amide bonds. The zero-order valence-electron chi connectivity index (χ0n) is 3.83. The molecule has 0 aromatic heterocycles. The van der Waals surface area contributed by atoms with Gasteiger partial charge in [-0.1, -0.05) is 0 Å². The van der Waals surface area contributed by atoms with Gasteiger partial charge in [0.15, 0.2) is 0 Å². The van der Waals surface area contributed by atoms with E-state index in [1.165, 1.54) is 0 Å². The second-order valence-electron chi connectivity index (χ2n) is 1.27. The van der Waals surface area contributed by atoms with E-state index >= 15 is 0 Å². The van der Waals surface area contributed by atoms with E-state index in [9.17, 15) is 17.6 Å². The van der Waals surface area contributed by atoms with Gasteiger partial charge in [0.05, 0.1) is 0 Å². The van der Waals surface area contributed by atoms with Crippen molar-refractivity contribution in [2.45, 2.75) is 6.11 Å². The Bertz CT molecular complexity index is 163. The normalized spacial score (nSPS) is 24.4. The van der Waals surface area contributed by atoms with Gasteiger partial charge in [-0.2, -0.15) is 17.6 Å². The average Bonchev–Trinajstić information content (AvgIpc) is 1.97. The highest BCUT2D eigenvalue weighted by molar-refractivity contribution is 5.02. The molecule has 0 unspecified atom stereocenters. The Morgan fingerprint density at radius 3 is 1.89 bits per heavy atom. The minimum absolute atomic E-state index is 2.03. The molecular weight excluding hydrogens is 144 g/mol. The topological polar surface area (TPSA) is 18.5 Å². The standard InChI is InChI=1S/C3F4O2/c4-1-2(5)8-9-3(1,6)7. The van der Waals surface area contributed by atoms with Gasteiger partial charge in [-0.05, 0) is 0 Å². The fourth-order valence-corrected chi connectivity index (χ4v) is 0.276. The van der Waals surface area contributed by atoms with E-state index in [1.54, 1.807) is 0 Å². The average molecular weight is 144 g/mol. The van der Waals surface area contributed by atoms with Crippen LogP contribution in [-0.4, -0.2) is 6.11 Å². The summed E-state index contributed by atoms with van der Waals surface area (Å²) in [6.07, 6.45) is -4.26. The molecule has 0 aliphatic carbocycles. The molecule has 1 rings (SSSR count). The first kappa shape index (κ1) is 6.34. The Morgan fingerprint density at radius 1 is 1.22 bits per heavy atom. The summed E-state index contributed by atoms with van der Waals surface area (Å²) in [5.41, 5.74) is 0. The van der Waals surface area contributed by atoms with Gasteiger partial charge in [-0.15, -0.1) is 4.89 Å². The van der Waals surface area contributed by atoms with Crippen LogP contribution in [0.25, 0.3) is 0 Å². The molecule has 0 N–H and O–H groups in total. The number of alkyl halides is 2. The predicted octanol–water partition coefficient (Wildman–Crippen LogP) is 1.65. The van der Waals surface area contributed by atoms with Crippen molar-refractivity contribution >= 4 is 0 Å². The van der Waals surface area contributed by atoms with Crippen LogP contribution in [0.15, 0.2) is 11.8 Å².